The first-order valence-corrected chi connectivity index (χ1v) is 10.2. The average Bonchev–Trinajstić information content (AvgIpc) is 3.23. The van der Waals surface area contributed by atoms with Crippen molar-refractivity contribution in [3.05, 3.63) is 59.7 Å². The minimum absolute atomic E-state index is 0.0717. The average molecular weight is 383 g/mol. The summed E-state index contributed by atoms with van der Waals surface area (Å²) in [5.74, 6) is 0.570. The first kappa shape index (κ1) is 20.2. The lowest BCUT2D eigenvalue weighted by Crippen LogP contribution is -3.11. The molecule has 150 valence electrons. The van der Waals surface area contributed by atoms with Crippen LogP contribution < -0.4 is 19.9 Å². The van der Waals surface area contributed by atoms with Gasteiger partial charge in [-0.1, -0.05) is 24.3 Å². The number of ether oxygens (including phenoxy) is 1. The Labute approximate surface area is 168 Å². The van der Waals surface area contributed by atoms with Crippen molar-refractivity contribution in [3.63, 3.8) is 0 Å². The van der Waals surface area contributed by atoms with Crippen LogP contribution >= 0.6 is 0 Å². The Bertz CT molecular complexity index is 768. The van der Waals surface area contributed by atoms with Crippen LogP contribution in [-0.4, -0.2) is 46.2 Å². The van der Waals surface area contributed by atoms with Crippen LogP contribution in [0.2, 0.25) is 0 Å². The van der Waals surface area contributed by atoms with Crippen molar-refractivity contribution in [3.8, 4) is 5.75 Å². The van der Waals surface area contributed by atoms with E-state index in [2.05, 4.69) is 34.5 Å². The highest BCUT2D eigenvalue weighted by Crippen LogP contribution is 2.19. The maximum atomic E-state index is 12.8. The zero-order valence-electron chi connectivity index (χ0n) is 17.2. The second-order valence-electron chi connectivity index (χ2n) is 7.54. The van der Waals surface area contributed by atoms with E-state index in [0.717, 1.165) is 13.1 Å². The quantitative estimate of drug-likeness (QED) is 0.736. The molecule has 0 bridgehead atoms. The number of likely N-dealkylation sites (tertiary alicyclic amines) is 1. The number of para-hydroxylation sites is 1. The highest BCUT2D eigenvalue weighted by atomic mass is 16.5. The number of rotatable bonds is 8. The molecule has 2 aromatic carbocycles. The summed E-state index contributed by atoms with van der Waals surface area (Å²) < 4.78 is 5.61. The largest absolute Gasteiger partial charge is 0.493 e. The third-order valence-corrected chi connectivity index (χ3v) is 5.45. The molecular formula is C23H32N3O2+. The van der Waals surface area contributed by atoms with Crippen molar-refractivity contribution in [1.82, 2.24) is 5.32 Å². The molecule has 2 aromatic rings. The van der Waals surface area contributed by atoms with E-state index in [1.807, 2.05) is 45.3 Å². The first-order valence-electron chi connectivity index (χ1n) is 10.2. The van der Waals surface area contributed by atoms with Crippen molar-refractivity contribution in [1.29, 1.82) is 0 Å². The summed E-state index contributed by atoms with van der Waals surface area (Å²) in [7, 11) is 4.10. The topological polar surface area (TPSA) is 46.0 Å². The molecule has 0 aromatic heterocycles. The molecule has 1 atom stereocenters. The van der Waals surface area contributed by atoms with Crippen LogP contribution in [0, 0.1) is 0 Å². The van der Waals surface area contributed by atoms with E-state index >= 15 is 0 Å². The van der Waals surface area contributed by atoms with E-state index in [-0.39, 0.29) is 11.9 Å². The maximum absolute atomic E-state index is 12.8. The zero-order valence-corrected chi connectivity index (χ0v) is 17.2. The van der Waals surface area contributed by atoms with Crippen LogP contribution in [0.5, 0.6) is 5.75 Å². The number of amides is 1. The summed E-state index contributed by atoms with van der Waals surface area (Å²) in [6.07, 6.45) is 2.51. The predicted octanol–water partition coefficient (Wildman–Crippen LogP) is 2.30. The van der Waals surface area contributed by atoms with Gasteiger partial charge in [0.25, 0.3) is 5.91 Å². The van der Waals surface area contributed by atoms with E-state index in [0.29, 0.717) is 24.5 Å². The third kappa shape index (κ3) is 4.84. The van der Waals surface area contributed by atoms with Crippen molar-refractivity contribution in [2.75, 3.05) is 45.2 Å². The molecule has 0 radical (unpaired) electrons. The number of hydrogen-bond acceptors (Lipinski definition) is 3. The summed E-state index contributed by atoms with van der Waals surface area (Å²) in [6, 6.07) is 16.4. The fourth-order valence-electron chi connectivity index (χ4n) is 3.91. The van der Waals surface area contributed by atoms with E-state index in [1.54, 1.807) is 4.90 Å². The monoisotopic (exact) mass is 382 g/mol. The number of nitrogens with one attached hydrogen (secondary N) is 2. The Morgan fingerprint density at radius 1 is 1.11 bits per heavy atom. The van der Waals surface area contributed by atoms with Gasteiger partial charge in [-0.15, -0.1) is 0 Å². The molecule has 1 fully saturated rings. The lowest BCUT2D eigenvalue weighted by molar-refractivity contribution is -0.918. The smallest absolute Gasteiger partial charge is 0.255 e. The molecule has 0 aliphatic carbocycles. The van der Waals surface area contributed by atoms with Gasteiger partial charge in [0.1, 0.15) is 11.8 Å². The van der Waals surface area contributed by atoms with Gasteiger partial charge in [0.2, 0.25) is 0 Å². The molecule has 5 nitrogen and oxygen atoms in total. The molecule has 1 heterocycles. The Morgan fingerprint density at radius 3 is 2.43 bits per heavy atom. The molecule has 1 aliphatic rings. The summed E-state index contributed by atoms with van der Waals surface area (Å²) in [5.41, 5.74) is 3.07. The number of benzene rings is 2. The Hall–Kier alpha value is -2.53. The minimum Gasteiger partial charge on any atom is -0.493 e. The van der Waals surface area contributed by atoms with Crippen molar-refractivity contribution < 1.29 is 14.4 Å². The van der Waals surface area contributed by atoms with Gasteiger partial charge in [-0.25, -0.2) is 0 Å². The van der Waals surface area contributed by atoms with Crippen LogP contribution in [0.25, 0.3) is 0 Å². The number of carbonyl (C=O) groups excluding carboxylic acids is 1. The van der Waals surface area contributed by atoms with Gasteiger partial charge in [0.05, 0.1) is 31.8 Å². The fraction of sp³-hybridized carbons (Fsp3) is 0.435. The van der Waals surface area contributed by atoms with E-state index in [1.165, 1.54) is 24.1 Å². The Balaban J connectivity index is 1.74. The van der Waals surface area contributed by atoms with Crippen LogP contribution in [0.15, 0.2) is 48.5 Å². The van der Waals surface area contributed by atoms with E-state index < -0.39 is 0 Å². The predicted molar refractivity (Wildman–Crippen MR) is 113 cm³/mol. The normalized spacial score (nSPS) is 15.2. The zero-order chi connectivity index (χ0) is 19.9. The SMILES string of the molecule is CCOc1ccccc1C(=O)NC[C@@H](c1ccc(N(C)C)cc1)[NH+]1CCCC1. The van der Waals surface area contributed by atoms with Crippen LogP contribution in [0.1, 0.15) is 41.7 Å². The van der Waals surface area contributed by atoms with Crippen molar-refractivity contribution >= 4 is 11.6 Å². The number of hydrogen-bond donors (Lipinski definition) is 2. The van der Waals surface area contributed by atoms with Gasteiger partial charge < -0.3 is 19.9 Å². The highest BCUT2D eigenvalue weighted by Gasteiger charge is 2.28. The molecular weight excluding hydrogens is 350 g/mol. The van der Waals surface area contributed by atoms with Crippen LogP contribution in [0.3, 0.4) is 0 Å². The summed E-state index contributed by atoms with van der Waals surface area (Å²) in [5, 5.41) is 3.16. The maximum Gasteiger partial charge on any atom is 0.255 e. The number of anilines is 1. The summed E-state index contributed by atoms with van der Waals surface area (Å²) in [4.78, 5) is 16.5. The summed E-state index contributed by atoms with van der Waals surface area (Å²) >= 11 is 0. The molecule has 3 rings (SSSR count). The van der Waals surface area contributed by atoms with Gasteiger partial charge in [0.15, 0.2) is 0 Å². The third-order valence-electron chi connectivity index (χ3n) is 5.45. The van der Waals surface area contributed by atoms with Crippen LogP contribution in [-0.2, 0) is 0 Å². The molecule has 1 amide bonds. The fourth-order valence-corrected chi connectivity index (χ4v) is 3.91. The second-order valence-corrected chi connectivity index (χ2v) is 7.54. The molecule has 28 heavy (non-hydrogen) atoms. The first-order chi connectivity index (χ1) is 13.6. The van der Waals surface area contributed by atoms with Gasteiger partial charge in [-0.2, -0.15) is 0 Å². The van der Waals surface area contributed by atoms with Gasteiger partial charge in [-0.05, 0) is 31.2 Å². The number of carbonyl (C=O) groups is 1. The van der Waals surface area contributed by atoms with Gasteiger partial charge >= 0.3 is 0 Å². The molecule has 1 aliphatic heterocycles. The summed E-state index contributed by atoms with van der Waals surface area (Å²) in [6.45, 7) is 5.41. The lowest BCUT2D eigenvalue weighted by Gasteiger charge is -2.26. The minimum atomic E-state index is -0.0717. The van der Waals surface area contributed by atoms with E-state index in [9.17, 15) is 4.79 Å². The van der Waals surface area contributed by atoms with Crippen molar-refractivity contribution in [2.24, 2.45) is 0 Å². The molecule has 1 saturated heterocycles. The number of nitrogens with zero attached hydrogens (tertiary/aromatic N) is 1. The van der Waals surface area contributed by atoms with Crippen molar-refractivity contribution in [2.45, 2.75) is 25.8 Å². The number of quaternary nitrogens is 1. The lowest BCUT2D eigenvalue weighted by atomic mass is 10.0. The second kappa shape index (κ2) is 9.60. The molecule has 0 spiro atoms. The van der Waals surface area contributed by atoms with Gasteiger partial charge in [-0.3, -0.25) is 4.79 Å². The standard InChI is InChI=1S/C23H31N3O2/c1-4-28-22-10-6-5-9-20(22)23(27)24-17-21(26-15-7-8-16-26)18-11-13-19(14-12-18)25(2)3/h5-6,9-14,21H,4,7-8,15-17H2,1-3H3,(H,24,27)/p+1/t21-/m0/s1. The van der Waals surface area contributed by atoms with Gasteiger partial charge in [0, 0.05) is 38.2 Å². The van der Waals surface area contributed by atoms with Crippen LogP contribution in [0.4, 0.5) is 5.69 Å². The Morgan fingerprint density at radius 2 is 1.79 bits per heavy atom. The highest BCUT2D eigenvalue weighted by molar-refractivity contribution is 5.96. The molecule has 0 saturated carbocycles. The Kier molecular flexibility index (Phi) is 6.93. The molecule has 5 heteroatoms. The van der Waals surface area contributed by atoms with E-state index in [4.69, 9.17) is 4.74 Å². The molecule has 0 unspecified atom stereocenters. The molecule has 2 N–H and O–H groups in total.